The number of amides is 2. The van der Waals surface area contributed by atoms with Crippen molar-refractivity contribution in [2.45, 2.75) is 58.0 Å². The fraction of sp³-hybridized carbons (Fsp3) is 0.875. The molecule has 2 amide bonds. The highest BCUT2D eigenvalue weighted by Gasteiger charge is 2.51. The first-order valence-electron chi connectivity index (χ1n) is 8.29. The zero-order chi connectivity index (χ0) is 15.1. The predicted molar refractivity (Wildman–Crippen MR) is 78.9 cm³/mol. The van der Waals surface area contributed by atoms with Gasteiger partial charge < -0.3 is 14.9 Å². The van der Waals surface area contributed by atoms with Crippen molar-refractivity contribution < 1.29 is 14.7 Å². The molecule has 3 fully saturated rings. The maximum Gasteiger partial charge on any atom is 0.326 e. The highest BCUT2D eigenvalue weighted by molar-refractivity contribution is 5.84. The van der Waals surface area contributed by atoms with Crippen molar-refractivity contribution >= 4 is 12.0 Å². The molecule has 2 saturated carbocycles. The average Bonchev–Trinajstić information content (AvgIpc) is 3.02. The van der Waals surface area contributed by atoms with E-state index >= 15 is 0 Å². The van der Waals surface area contributed by atoms with E-state index in [0.717, 1.165) is 38.6 Å². The summed E-state index contributed by atoms with van der Waals surface area (Å²) < 4.78 is 0. The minimum Gasteiger partial charge on any atom is -0.480 e. The molecule has 3 aliphatic rings. The maximum atomic E-state index is 12.9. The summed E-state index contributed by atoms with van der Waals surface area (Å²) in [5, 5.41) is 9.59. The molecule has 0 aromatic heterocycles. The Hall–Kier alpha value is -1.26. The SMILES string of the molecule is CC(C)CN(C(=O)N1CC2CCCC2C1C(=O)O)C1CC1. The fourth-order valence-corrected chi connectivity index (χ4v) is 4.15. The number of nitrogens with zero attached hydrogens (tertiary/aromatic N) is 2. The van der Waals surface area contributed by atoms with Gasteiger partial charge in [-0.1, -0.05) is 20.3 Å². The molecule has 2 aliphatic carbocycles. The quantitative estimate of drug-likeness (QED) is 0.866. The van der Waals surface area contributed by atoms with Crippen LogP contribution in [0.15, 0.2) is 0 Å². The fourth-order valence-electron chi connectivity index (χ4n) is 4.15. The molecule has 21 heavy (non-hydrogen) atoms. The summed E-state index contributed by atoms with van der Waals surface area (Å²) >= 11 is 0. The van der Waals surface area contributed by atoms with Crippen LogP contribution in [0.1, 0.15) is 46.0 Å². The van der Waals surface area contributed by atoms with Gasteiger partial charge in [0.2, 0.25) is 0 Å². The molecule has 0 aromatic carbocycles. The Kier molecular flexibility index (Phi) is 3.84. The van der Waals surface area contributed by atoms with Crippen LogP contribution in [0.2, 0.25) is 0 Å². The van der Waals surface area contributed by atoms with E-state index in [4.69, 9.17) is 0 Å². The number of carbonyl (C=O) groups excluding carboxylic acids is 1. The Morgan fingerprint density at radius 1 is 1.24 bits per heavy atom. The standard InChI is InChI=1S/C16H26N2O3/c1-10(2)8-17(12-6-7-12)16(21)18-9-11-4-3-5-13(11)14(18)15(19)20/h10-14H,3-9H2,1-2H3,(H,19,20). The third-order valence-corrected chi connectivity index (χ3v) is 5.18. The third-order valence-electron chi connectivity index (χ3n) is 5.18. The smallest absolute Gasteiger partial charge is 0.326 e. The van der Waals surface area contributed by atoms with E-state index in [1.54, 1.807) is 4.90 Å². The van der Waals surface area contributed by atoms with Crippen LogP contribution >= 0.6 is 0 Å². The number of rotatable bonds is 4. The second-order valence-corrected chi connectivity index (χ2v) is 7.35. The molecule has 118 valence electrons. The summed E-state index contributed by atoms with van der Waals surface area (Å²) in [6, 6.07) is -0.291. The number of likely N-dealkylation sites (tertiary alicyclic amines) is 1. The molecule has 3 unspecified atom stereocenters. The van der Waals surface area contributed by atoms with Gasteiger partial charge in [-0.25, -0.2) is 9.59 Å². The number of hydrogen-bond donors (Lipinski definition) is 1. The van der Waals surface area contributed by atoms with E-state index in [9.17, 15) is 14.7 Å². The van der Waals surface area contributed by atoms with Gasteiger partial charge in [-0.15, -0.1) is 0 Å². The summed E-state index contributed by atoms with van der Waals surface area (Å²) in [5.41, 5.74) is 0. The number of carboxylic acid groups (broad SMARTS) is 1. The topological polar surface area (TPSA) is 60.9 Å². The molecule has 1 saturated heterocycles. The van der Waals surface area contributed by atoms with Gasteiger partial charge in [-0.05, 0) is 43.4 Å². The van der Waals surface area contributed by atoms with E-state index in [2.05, 4.69) is 13.8 Å². The van der Waals surface area contributed by atoms with Gasteiger partial charge >= 0.3 is 12.0 Å². The lowest BCUT2D eigenvalue weighted by molar-refractivity contribution is -0.142. The highest BCUT2D eigenvalue weighted by Crippen LogP contribution is 2.43. The third kappa shape index (κ3) is 2.74. The maximum absolute atomic E-state index is 12.9. The Balaban J connectivity index is 1.77. The summed E-state index contributed by atoms with van der Waals surface area (Å²) in [5.74, 6) is 0.166. The highest BCUT2D eigenvalue weighted by atomic mass is 16.4. The number of fused-ring (bicyclic) bond motifs is 1. The number of carboxylic acids is 1. The minimum absolute atomic E-state index is 0.0343. The van der Waals surface area contributed by atoms with Crippen molar-refractivity contribution in [3.05, 3.63) is 0 Å². The van der Waals surface area contributed by atoms with Crippen LogP contribution in [0.4, 0.5) is 4.79 Å². The molecule has 5 heteroatoms. The Labute approximate surface area is 126 Å². The van der Waals surface area contributed by atoms with Gasteiger partial charge in [-0.2, -0.15) is 0 Å². The molecule has 3 atom stereocenters. The first-order valence-corrected chi connectivity index (χ1v) is 8.29. The van der Waals surface area contributed by atoms with E-state index < -0.39 is 12.0 Å². The van der Waals surface area contributed by atoms with Crippen molar-refractivity contribution in [1.29, 1.82) is 0 Å². The van der Waals surface area contributed by atoms with Crippen LogP contribution in [0.25, 0.3) is 0 Å². The predicted octanol–water partition coefficient (Wildman–Crippen LogP) is 2.41. The molecular formula is C16H26N2O3. The number of aliphatic carboxylic acids is 1. The normalized spacial score (nSPS) is 31.6. The van der Waals surface area contributed by atoms with Crippen molar-refractivity contribution in [2.24, 2.45) is 17.8 Å². The van der Waals surface area contributed by atoms with Gasteiger partial charge in [-0.3, -0.25) is 0 Å². The second kappa shape index (κ2) is 5.50. The molecule has 1 aliphatic heterocycles. The molecule has 1 N–H and O–H groups in total. The summed E-state index contributed by atoms with van der Waals surface area (Å²) in [6.07, 6.45) is 5.28. The molecular weight excluding hydrogens is 268 g/mol. The van der Waals surface area contributed by atoms with Gasteiger partial charge in [0, 0.05) is 19.1 Å². The van der Waals surface area contributed by atoms with Crippen LogP contribution in [0.3, 0.4) is 0 Å². The zero-order valence-corrected chi connectivity index (χ0v) is 13.0. The van der Waals surface area contributed by atoms with Gasteiger partial charge in [0.15, 0.2) is 0 Å². The van der Waals surface area contributed by atoms with E-state index in [-0.39, 0.29) is 11.9 Å². The minimum atomic E-state index is -0.821. The number of urea groups is 1. The Bertz CT molecular complexity index is 433. The Morgan fingerprint density at radius 2 is 1.95 bits per heavy atom. The summed E-state index contributed by atoms with van der Waals surface area (Å²) in [7, 11) is 0. The van der Waals surface area contributed by atoms with Crippen molar-refractivity contribution in [3.8, 4) is 0 Å². The lowest BCUT2D eigenvalue weighted by Gasteiger charge is -2.32. The second-order valence-electron chi connectivity index (χ2n) is 7.35. The summed E-state index contributed by atoms with van der Waals surface area (Å²) in [6.45, 7) is 5.59. The van der Waals surface area contributed by atoms with Crippen molar-refractivity contribution in [2.75, 3.05) is 13.1 Å². The largest absolute Gasteiger partial charge is 0.480 e. The van der Waals surface area contributed by atoms with E-state index in [1.165, 1.54) is 0 Å². The van der Waals surface area contributed by atoms with Crippen molar-refractivity contribution in [1.82, 2.24) is 9.80 Å². The molecule has 3 rings (SSSR count). The first-order chi connectivity index (χ1) is 9.99. The van der Waals surface area contributed by atoms with Gasteiger partial charge in [0.1, 0.15) is 6.04 Å². The van der Waals surface area contributed by atoms with Crippen LogP contribution in [-0.2, 0) is 4.79 Å². The van der Waals surface area contributed by atoms with Crippen LogP contribution in [0.5, 0.6) is 0 Å². The Morgan fingerprint density at radius 3 is 2.52 bits per heavy atom. The molecule has 0 aromatic rings. The van der Waals surface area contributed by atoms with Crippen LogP contribution in [0, 0.1) is 17.8 Å². The zero-order valence-electron chi connectivity index (χ0n) is 13.0. The number of hydrogen-bond acceptors (Lipinski definition) is 2. The summed E-state index contributed by atoms with van der Waals surface area (Å²) in [4.78, 5) is 28.2. The lowest BCUT2D eigenvalue weighted by Crippen LogP contribution is -2.51. The van der Waals surface area contributed by atoms with Crippen LogP contribution in [-0.4, -0.2) is 52.1 Å². The number of carbonyl (C=O) groups is 2. The van der Waals surface area contributed by atoms with Gasteiger partial charge in [0.05, 0.1) is 0 Å². The molecule has 0 bridgehead atoms. The van der Waals surface area contributed by atoms with E-state index in [0.29, 0.717) is 24.4 Å². The van der Waals surface area contributed by atoms with Crippen molar-refractivity contribution in [3.63, 3.8) is 0 Å². The van der Waals surface area contributed by atoms with Gasteiger partial charge in [0.25, 0.3) is 0 Å². The van der Waals surface area contributed by atoms with Crippen LogP contribution < -0.4 is 0 Å². The molecule has 1 heterocycles. The lowest BCUT2D eigenvalue weighted by atomic mass is 9.94. The molecule has 5 nitrogen and oxygen atoms in total. The monoisotopic (exact) mass is 294 g/mol. The first kappa shape index (κ1) is 14.7. The van der Waals surface area contributed by atoms with E-state index in [1.807, 2.05) is 4.90 Å². The average molecular weight is 294 g/mol. The molecule has 0 spiro atoms. The molecule has 0 radical (unpaired) electrons.